The molecule has 5 nitrogen and oxygen atoms in total. The second-order valence-electron chi connectivity index (χ2n) is 3.29. The molecule has 0 bridgehead atoms. The minimum Gasteiger partial charge on any atom is -0.396 e. The van der Waals surface area contributed by atoms with E-state index < -0.39 is 0 Å². The predicted molar refractivity (Wildman–Crippen MR) is 45.1 cm³/mol. The molecule has 0 saturated heterocycles. The molecule has 0 radical (unpaired) electrons. The molecule has 0 spiro atoms. The van der Waals surface area contributed by atoms with E-state index in [0.717, 1.165) is 18.7 Å². The molecule has 13 heavy (non-hydrogen) atoms. The number of rotatable bonds is 2. The van der Waals surface area contributed by atoms with Gasteiger partial charge in [0.2, 0.25) is 0 Å². The highest BCUT2D eigenvalue weighted by Crippen LogP contribution is 2.12. The van der Waals surface area contributed by atoms with Crippen molar-refractivity contribution in [3.8, 4) is 0 Å². The van der Waals surface area contributed by atoms with E-state index in [-0.39, 0.29) is 12.7 Å². The Kier molecular flexibility index (Phi) is 2.28. The summed E-state index contributed by atoms with van der Waals surface area (Å²) in [5.41, 5.74) is 0. The number of aliphatic hydroxyl groups excluding tert-OH is 2. The maximum atomic E-state index is 9.36. The maximum absolute atomic E-state index is 9.36. The zero-order valence-corrected chi connectivity index (χ0v) is 7.35. The van der Waals surface area contributed by atoms with Gasteiger partial charge in [0.15, 0.2) is 5.82 Å². The lowest BCUT2D eigenvalue weighted by molar-refractivity contribution is 0.124. The number of aryl methyl sites for hydroxylation is 1. The molecular formula is C8H13N3O2. The number of aromatic nitrogens is 3. The summed E-state index contributed by atoms with van der Waals surface area (Å²) in [7, 11) is 0. The molecule has 0 saturated carbocycles. The predicted octanol–water partition coefficient (Wildman–Crippen LogP) is -0.880. The third kappa shape index (κ3) is 1.71. The van der Waals surface area contributed by atoms with Crippen LogP contribution < -0.4 is 0 Å². The summed E-state index contributed by atoms with van der Waals surface area (Å²) in [6.07, 6.45) is 1.74. The van der Waals surface area contributed by atoms with Gasteiger partial charge in [-0.05, 0) is 6.42 Å². The van der Waals surface area contributed by atoms with Crippen molar-refractivity contribution in [3.63, 3.8) is 0 Å². The molecule has 1 unspecified atom stereocenters. The SMILES string of the molecule is OCCc1nc2n(n1)CC(O)CC2. The number of fused-ring (bicyclic) bond motifs is 1. The highest BCUT2D eigenvalue weighted by Gasteiger charge is 2.19. The first-order chi connectivity index (χ1) is 6.29. The molecule has 72 valence electrons. The Bertz CT molecular complexity index is 298. The molecule has 1 aromatic heterocycles. The van der Waals surface area contributed by atoms with Gasteiger partial charge in [0.1, 0.15) is 5.82 Å². The van der Waals surface area contributed by atoms with E-state index in [4.69, 9.17) is 5.11 Å². The van der Waals surface area contributed by atoms with Crippen molar-refractivity contribution in [2.24, 2.45) is 0 Å². The van der Waals surface area contributed by atoms with Crippen molar-refractivity contribution >= 4 is 0 Å². The van der Waals surface area contributed by atoms with Gasteiger partial charge < -0.3 is 10.2 Å². The fourth-order valence-electron chi connectivity index (χ4n) is 1.55. The van der Waals surface area contributed by atoms with Crippen molar-refractivity contribution in [1.29, 1.82) is 0 Å². The van der Waals surface area contributed by atoms with E-state index in [0.29, 0.717) is 18.8 Å². The van der Waals surface area contributed by atoms with Crippen molar-refractivity contribution in [2.75, 3.05) is 6.61 Å². The first kappa shape index (κ1) is 8.65. The Morgan fingerprint density at radius 3 is 3.15 bits per heavy atom. The van der Waals surface area contributed by atoms with Crippen LogP contribution in [0.4, 0.5) is 0 Å². The van der Waals surface area contributed by atoms with Gasteiger partial charge in [0, 0.05) is 12.8 Å². The second kappa shape index (κ2) is 3.43. The molecule has 0 fully saturated rings. The normalized spacial score (nSPS) is 21.5. The molecule has 0 amide bonds. The minimum absolute atomic E-state index is 0.0754. The van der Waals surface area contributed by atoms with Gasteiger partial charge >= 0.3 is 0 Å². The number of hydrogen-bond acceptors (Lipinski definition) is 4. The smallest absolute Gasteiger partial charge is 0.153 e. The number of hydrogen-bond donors (Lipinski definition) is 2. The Hall–Kier alpha value is -0.940. The highest BCUT2D eigenvalue weighted by atomic mass is 16.3. The maximum Gasteiger partial charge on any atom is 0.153 e. The number of aliphatic hydroxyl groups is 2. The molecule has 1 aliphatic rings. The van der Waals surface area contributed by atoms with E-state index in [1.165, 1.54) is 0 Å². The summed E-state index contributed by atoms with van der Waals surface area (Å²) >= 11 is 0. The average molecular weight is 183 g/mol. The van der Waals surface area contributed by atoms with Gasteiger partial charge in [0.25, 0.3) is 0 Å². The molecule has 0 aliphatic carbocycles. The summed E-state index contributed by atoms with van der Waals surface area (Å²) < 4.78 is 1.74. The summed E-state index contributed by atoms with van der Waals surface area (Å²) in [5, 5.41) is 22.2. The van der Waals surface area contributed by atoms with Gasteiger partial charge in [-0.25, -0.2) is 9.67 Å². The molecule has 0 aromatic carbocycles. The molecule has 2 N–H and O–H groups in total. The average Bonchev–Trinajstić information content (AvgIpc) is 2.46. The highest BCUT2D eigenvalue weighted by molar-refractivity contribution is 4.97. The van der Waals surface area contributed by atoms with Crippen molar-refractivity contribution < 1.29 is 10.2 Å². The topological polar surface area (TPSA) is 71.2 Å². The van der Waals surface area contributed by atoms with E-state index in [1.54, 1.807) is 4.68 Å². The van der Waals surface area contributed by atoms with Gasteiger partial charge in [-0.2, -0.15) is 5.10 Å². The zero-order valence-electron chi connectivity index (χ0n) is 7.35. The first-order valence-corrected chi connectivity index (χ1v) is 4.51. The summed E-state index contributed by atoms with van der Waals surface area (Å²) in [6, 6.07) is 0. The molecule has 5 heteroatoms. The lowest BCUT2D eigenvalue weighted by atomic mass is 10.1. The third-order valence-electron chi connectivity index (χ3n) is 2.21. The number of nitrogens with zero attached hydrogens (tertiary/aromatic N) is 3. The molecule has 1 aliphatic heterocycles. The quantitative estimate of drug-likeness (QED) is 0.624. The van der Waals surface area contributed by atoms with Gasteiger partial charge in [0.05, 0.1) is 19.3 Å². The molecule has 2 rings (SSSR count). The fourth-order valence-corrected chi connectivity index (χ4v) is 1.55. The van der Waals surface area contributed by atoms with Crippen LogP contribution in [0.15, 0.2) is 0 Å². The minimum atomic E-state index is -0.295. The van der Waals surface area contributed by atoms with Crippen LogP contribution in [0.3, 0.4) is 0 Å². The van der Waals surface area contributed by atoms with E-state index >= 15 is 0 Å². The standard InChI is InChI=1S/C8H13N3O2/c12-4-3-7-9-8-2-1-6(13)5-11(8)10-7/h6,12-13H,1-5H2. The lowest BCUT2D eigenvalue weighted by Crippen LogP contribution is -2.25. The van der Waals surface area contributed by atoms with E-state index in [9.17, 15) is 5.11 Å². The van der Waals surface area contributed by atoms with E-state index in [2.05, 4.69) is 10.1 Å². The Morgan fingerprint density at radius 1 is 1.54 bits per heavy atom. The first-order valence-electron chi connectivity index (χ1n) is 4.51. The Balaban J connectivity index is 2.18. The molecule has 1 atom stereocenters. The fraction of sp³-hybridized carbons (Fsp3) is 0.750. The lowest BCUT2D eigenvalue weighted by Gasteiger charge is -2.16. The third-order valence-corrected chi connectivity index (χ3v) is 2.21. The van der Waals surface area contributed by atoms with Gasteiger partial charge in [-0.1, -0.05) is 0 Å². The monoisotopic (exact) mass is 183 g/mol. The summed E-state index contributed by atoms with van der Waals surface area (Å²) in [4.78, 5) is 4.26. The summed E-state index contributed by atoms with van der Waals surface area (Å²) in [5.74, 6) is 1.60. The Morgan fingerprint density at radius 2 is 2.38 bits per heavy atom. The van der Waals surface area contributed by atoms with Crippen LogP contribution in [-0.4, -0.2) is 37.7 Å². The van der Waals surface area contributed by atoms with Gasteiger partial charge in [-0.15, -0.1) is 0 Å². The zero-order chi connectivity index (χ0) is 9.26. The molecular weight excluding hydrogens is 170 g/mol. The second-order valence-corrected chi connectivity index (χ2v) is 3.29. The largest absolute Gasteiger partial charge is 0.396 e. The molecule has 2 heterocycles. The Labute approximate surface area is 76.0 Å². The van der Waals surface area contributed by atoms with Crippen LogP contribution in [-0.2, 0) is 19.4 Å². The van der Waals surface area contributed by atoms with Gasteiger partial charge in [-0.3, -0.25) is 0 Å². The van der Waals surface area contributed by atoms with Crippen molar-refractivity contribution in [1.82, 2.24) is 14.8 Å². The van der Waals surface area contributed by atoms with Crippen LogP contribution >= 0.6 is 0 Å². The van der Waals surface area contributed by atoms with Crippen LogP contribution in [0.1, 0.15) is 18.1 Å². The van der Waals surface area contributed by atoms with Crippen LogP contribution in [0.2, 0.25) is 0 Å². The van der Waals surface area contributed by atoms with Crippen LogP contribution in [0, 0.1) is 0 Å². The molecule has 1 aromatic rings. The van der Waals surface area contributed by atoms with Crippen LogP contribution in [0.25, 0.3) is 0 Å². The summed E-state index contributed by atoms with van der Waals surface area (Å²) in [6.45, 7) is 0.611. The van der Waals surface area contributed by atoms with Crippen LogP contribution in [0.5, 0.6) is 0 Å². The van der Waals surface area contributed by atoms with Crippen molar-refractivity contribution in [3.05, 3.63) is 11.6 Å². The van der Waals surface area contributed by atoms with E-state index in [1.807, 2.05) is 0 Å². The van der Waals surface area contributed by atoms with Crippen molar-refractivity contribution in [2.45, 2.75) is 31.9 Å².